The van der Waals surface area contributed by atoms with Crippen LogP contribution in [0.5, 0.6) is 0 Å². The van der Waals surface area contributed by atoms with Crippen LogP contribution in [0.2, 0.25) is 0 Å². The molecule has 0 spiro atoms. The number of methoxy groups -OCH3 is 1. The third-order valence-corrected chi connectivity index (χ3v) is 4.34. The number of hydrogen-bond donors (Lipinski definition) is 1. The molecule has 1 aromatic rings. The fourth-order valence-corrected chi connectivity index (χ4v) is 2.62. The van der Waals surface area contributed by atoms with Crippen LogP contribution in [0.4, 0.5) is 8.78 Å². The summed E-state index contributed by atoms with van der Waals surface area (Å²) in [6, 6.07) is 7.34. The second kappa shape index (κ2) is 10.9. The average Bonchev–Trinajstić information content (AvgIpc) is 2.63. The smallest absolute Gasteiger partial charge is 0.319 e. The minimum atomic E-state index is -3.15. The van der Waals surface area contributed by atoms with Crippen LogP contribution in [0, 0.1) is 5.92 Å². The number of nitrogens with one attached hydrogen (secondary N) is 1. The van der Waals surface area contributed by atoms with E-state index in [1.165, 1.54) is 32.8 Å². The van der Waals surface area contributed by atoms with E-state index in [-0.39, 0.29) is 5.70 Å². The molecule has 1 atom stereocenters. The van der Waals surface area contributed by atoms with Crippen molar-refractivity contribution >= 4 is 17.3 Å². The van der Waals surface area contributed by atoms with E-state index in [9.17, 15) is 8.78 Å². The summed E-state index contributed by atoms with van der Waals surface area (Å²) in [5.74, 6) is -3.21. The van der Waals surface area contributed by atoms with Crippen molar-refractivity contribution in [2.75, 3.05) is 13.7 Å². The standard InChI is InChI=1S/C22H32F2N2O/c1-7-8-9-10-16(2)15-25-17(3)19-11-13-20(14-12-19)18(4)26-21(27-6)22(5,23)24/h11-14,16,25H,3-4,7-10,15H2,1-2,5-6H3. The molecule has 1 N–H and O–H groups in total. The van der Waals surface area contributed by atoms with Crippen LogP contribution in [0.25, 0.3) is 11.4 Å². The van der Waals surface area contributed by atoms with E-state index in [1.54, 1.807) is 12.1 Å². The molecule has 0 saturated carbocycles. The Morgan fingerprint density at radius 1 is 1.19 bits per heavy atom. The van der Waals surface area contributed by atoms with E-state index < -0.39 is 11.8 Å². The lowest BCUT2D eigenvalue weighted by atomic mass is 10.0. The molecule has 0 saturated heterocycles. The van der Waals surface area contributed by atoms with Crippen LogP contribution in [0.15, 0.2) is 42.4 Å². The van der Waals surface area contributed by atoms with E-state index in [2.05, 4.69) is 42.1 Å². The van der Waals surface area contributed by atoms with Crippen LogP contribution in [-0.2, 0) is 4.74 Å². The first-order valence-corrected chi connectivity index (χ1v) is 9.42. The van der Waals surface area contributed by atoms with Gasteiger partial charge >= 0.3 is 5.92 Å². The van der Waals surface area contributed by atoms with E-state index in [0.29, 0.717) is 11.5 Å². The van der Waals surface area contributed by atoms with Gasteiger partial charge in [-0.05, 0) is 23.5 Å². The van der Waals surface area contributed by atoms with Gasteiger partial charge in [0.05, 0.1) is 12.8 Å². The van der Waals surface area contributed by atoms with Crippen molar-refractivity contribution in [3.63, 3.8) is 0 Å². The molecule has 0 radical (unpaired) electrons. The molecule has 27 heavy (non-hydrogen) atoms. The molecule has 0 fully saturated rings. The Morgan fingerprint density at radius 2 is 1.78 bits per heavy atom. The Hall–Kier alpha value is -2.17. The van der Waals surface area contributed by atoms with Gasteiger partial charge in [-0.2, -0.15) is 8.78 Å². The number of unbranched alkanes of at least 4 members (excludes halogenated alkanes) is 2. The fraction of sp³-hybridized carbons (Fsp3) is 0.500. The molecule has 1 unspecified atom stereocenters. The van der Waals surface area contributed by atoms with Gasteiger partial charge in [0.15, 0.2) is 0 Å². The quantitative estimate of drug-likeness (QED) is 0.285. The zero-order valence-corrected chi connectivity index (χ0v) is 16.9. The molecule has 3 nitrogen and oxygen atoms in total. The van der Waals surface area contributed by atoms with Crippen LogP contribution in [0.1, 0.15) is 57.6 Å². The zero-order valence-electron chi connectivity index (χ0n) is 16.9. The molecule has 5 heteroatoms. The van der Waals surface area contributed by atoms with Gasteiger partial charge in [0, 0.05) is 19.2 Å². The Labute approximate surface area is 162 Å². The molecule has 0 heterocycles. The molecule has 0 aromatic heterocycles. The summed E-state index contributed by atoms with van der Waals surface area (Å²) in [7, 11) is 1.17. The molecule has 0 bridgehead atoms. The molecule has 0 aliphatic carbocycles. The SMILES string of the molecule is C=C(N=C(OC)C(C)(F)F)c1ccc(C(=C)NCC(C)CCCCC)cc1. The van der Waals surface area contributed by atoms with Crippen molar-refractivity contribution in [2.45, 2.75) is 52.4 Å². The highest BCUT2D eigenvalue weighted by Crippen LogP contribution is 2.22. The van der Waals surface area contributed by atoms with Gasteiger partial charge in [-0.3, -0.25) is 0 Å². The molecule has 1 rings (SSSR count). The summed E-state index contributed by atoms with van der Waals surface area (Å²) < 4.78 is 31.4. The summed E-state index contributed by atoms with van der Waals surface area (Å²) in [5.41, 5.74) is 2.67. The van der Waals surface area contributed by atoms with Crippen LogP contribution in [0.3, 0.4) is 0 Å². The molecule has 0 aliphatic heterocycles. The van der Waals surface area contributed by atoms with Crippen molar-refractivity contribution in [1.29, 1.82) is 0 Å². The predicted molar refractivity (Wildman–Crippen MR) is 111 cm³/mol. The first-order chi connectivity index (χ1) is 12.7. The van der Waals surface area contributed by atoms with E-state index >= 15 is 0 Å². The molecule has 0 amide bonds. The Bertz CT molecular complexity index is 645. The first kappa shape index (κ1) is 22.9. The molecular formula is C22H32F2N2O. The largest absolute Gasteiger partial charge is 0.480 e. The maximum atomic E-state index is 13.4. The summed E-state index contributed by atoms with van der Waals surface area (Å²) in [4.78, 5) is 3.82. The highest BCUT2D eigenvalue weighted by Gasteiger charge is 2.31. The van der Waals surface area contributed by atoms with Crippen LogP contribution < -0.4 is 5.32 Å². The number of rotatable bonds is 11. The minimum Gasteiger partial charge on any atom is -0.480 e. The molecule has 1 aromatic carbocycles. The number of ether oxygens (including phenoxy) is 1. The van der Waals surface area contributed by atoms with Crippen LogP contribution >= 0.6 is 0 Å². The summed E-state index contributed by atoms with van der Waals surface area (Å²) >= 11 is 0. The van der Waals surface area contributed by atoms with Gasteiger partial charge < -0.3 is 10.1 Å². The van der Waals surface area contributed by atoms with Gasteiger partial charge in [0.25, 0.3) is 5.90 Å². The first-order valence-electron chi connectivity index (χ1n) is 9.42. The lowest BCUT2D eigenvalue weighted by molar-refractivity contribution is 0.0726. The zero-order chi connectivity index (χ0) is 20.4. The highest BCUT2D eigenvalue weighted by molar-refractivity contribution is 5.88. The van der Waals surface area contributed by atoms with E-state index in [1.807, 2.05) is 12.1 Å². The van der Waals surface area contributed by atoms with Crippen molar-refractivity contribution in [3.05, 3.63) is 48.6 Å². The van der Waals surface area contributed by atoms with Crippen molar-refractivity contribution in [2.24, 2.45) is 10.9 Å². The van der Waals surface area contributed by atoms with E-state index in [0.717, 1.165) is 24.7 Å². The van der Waals surface area contributed by atoms with Crippen LogP contribution in [-0.4, -0.2) is 25.5 Å². The molecule has 0 aliphatic rings. The lowest BCUT2D eigenvalue weighted by Gasteiger charge is -2.16. The third-order valence-electron chi connectivity index (χ3n) is 4.34. The monoisotopic (exact) mass is 378 g/mol. The highest BCUT2D eigenvalue weighted by atomic mass is 19.3. The Morgan fingerprint density at radius 3 is 2.30 bits per heavy atom. The predicted octanol–water partition coefficient (Wildman–Crippen LogP) is 6.13. The topological polar surface area (TPSA) is 33.6 Å². The number of hydrogen-bond acceptors (Lipinski definition) is 3. The van der Waals surface area contributed by atoms with Crippen molar-refractivity contribution in [3.8, 4) is 0 Å². The van der Waals surface area contributed by atoms with Gasteiger partial charge in [-0.15, -0.1) is 0 Å². The average molecular weight is 379 g/mol. The maximum absolute atomic E-state index is 13.4. The minimum absolute atomic E-state index is 0.225. The van der Waals surface area contributed by atoms with Crippen molar-refractivity contribution < 1.29 is 13.5 Å². The Balaban J connectivity index is 2.66. The number of alkyl halides is 2. The second-order valence-corrected chi connectivity index (χ2v) is 6.99. The van der Waals surface area contributed by atoms with Crippen molar-refractivity contribution in [1.82, 2.24) is 5.32 Å². The number of aliphatic imine (C=N–C) groups is 1. The molecule has 150 valence electrons. The second-order valence-electron chi connectivity index (χ2n) is 6.99. The summed E-state index contributed by atoms with van der Waals surface area (Å²) in [5, 5.41) is 3.37. The summed E-state index contributed by atoms with van der Waals surface area (Å²) in [6.07, 6.45) is 4.96. The molecular weight excluding hydrogens is 346 g/mol. The lowest BCUT2D eigenvalue weighted by Crippen LogP contribution is -2.26. The fourth-order valence-electron chi connectivity index (χ4n) is 2.62. The number of nitrogens with zero attached hydrogens (tertiary/aromatic N) is 1. The van der Waals surface area contributed by atoms with Gasteiger partial charge in [0.1, 0.15) is 0 Å². The third kappa shape index (κ3) is 7.94. The van der Waals surface area contributed by atoms with Gasteiger partial charge in [0.2, 0.25) is 0 Å². The Kier molecular flexibility index (Phi) is 9.19. The normalized spacial score (nSPS) is 13.2. The van der Waals surface area contributed by atoms with Gasteiger partial charge in [-0.1, -0.05) is 70.5 Å². The maximum Gasteiger partial charge on any atom is 0.319 e. The summed E-state index contributed by atoms with van der Waals surface area (Å²) in [6.45, 7) is 13.9. The van der Waals surface area contributed by atoms with Gasteiger partial charge in [-0.25, -0.2) is 4.99 Å². The number of halogens is 2. The number of benzene rings is 1. The van der Waals surface area contributed by atoms with E-state index in [4.69, 9.17) is 0 Å².